The molecule has 3 aromatic carbocycles. The van der Waals surface area contributed by atoms with Crippen molar-refractivity contribution in [3.05, 3.63) is 106 Å². The summed E-state index contributed by atoms with van der Waals surface area (Å²) in [6, 6.07) is 22.9. The molecule has 144 valence electrons. The highest BCUT2D eigenvalue weighted by Gasteiger charge is 2.20. The molecule has 0 atom stereocenters. The van der Waals surface area contributed by atoms with E-state index in [1.54, 1.807) is 72.9 Å². The minimum Gasteiger partial charge on any atom is -0.289 e. The number of nitrogens with zero attached hydrogens (tertiary/aromatic N) is 1. The number of fused-ring (bicyclic) bond motifs is 1. The molecule has 29 heavy (non-hydrogen) atoms. The van der Waals surface area contributed by atoms with E-state index in [9.17, 15) is 13.2 Å². The van der Waals surface area contributed by atoms with Crippen LogP contribution in [0.1, 0.15) is 15.9 Å². The second-order valence-corrected chi connectivity index (χ2v) is 9.48. The molecule has 0 amide bonds. The number of rotatable bonds is 5. The van der Waals surface area contributed by atoms with E-state index in [1.165, 1.54) is 10.0 Å². The highest BCUT2D eigenvalue weighted by molar-refractivity contribution is 14.1. The standard InChI is InChI=1S/C23H16INO3S/c24-19-11-13-20(14-12-19)29(27,28)25-16-18(21-8-4-5-9-22(21)25)10-15-23(26)17-6-2-1-3-7-17/h1-16H/b15-10+. The maximum absolute atomic E-state index is 13.2. The summed E-state index contributed by atoms with van der Waals surface area (Å²) in [6.07, 6.45) is 4.70. The van der Waals surface area contributed by atoms with Crippen LogP contribution in [0.15, 0.2) is 96.0 Å². The first kappa shape index (κ1) is 19.6. The fourth-order valence-electron chi connectivity index (χ4n) is 3.09. The van der Waals surface area contributed by atoms with Crippen molar-refractivity contribution in [2.75, 3.05) is 0 Å². The fraction of sp³-hybridized carbons (Fsp3) is 0. The van der Waals surface area contributed by atoms with Crippen LogP contribution in [-0.2, 0) is 10.0 Å². The van der Waals surface area contributed by atoms with Gasteiger partial charge in [0, 0.05) is 26.3 Å². The van der Waals surface area contributed by atoms with E-state index < -0.39 is 10.0 Å². The predicted molar refractivity (Wildman–Crippen MR) is 123 cm³/mol. The highest BCUT2D eigenvalue weighted by Crippen LogP contribution is 2.27. The van der Waals surface area contributed by atoms with Gasteiger partial charge in [0.1, 0.15) is 0 Å². The molecule has 1 aromatic heterocycles. The van der Waals surface area contributed by atoms with E-state index in [2.05, 4.69) is 22.6 Å². The largest absolute Gasteiger partial charge is 0.289 e. The van der Waals surface area contributed by atoms with Gasteiger partial charge in [-0.25, -0.2) is 12.4 Å². The van der Waals surface area contributed by atoms with Gasteiger partial charge in [-0.3, -0.25) is 4.79 Å². The zero-order chi connectivity index (χ0) is 20.4. The topological polar surface area (TPSA) is 56.1 Å². The van der Waals surface area contributed by atoms with E-state index in [-0.39, 0.29) is 10.7 Å². The minimum atomic E-state index is -3.76. The molecule has 0 aliphatic rings. The Hall–Kier alpha value is -2.71. The van der Waals surface area contributed by atoms with Crippen molar-refractivity contribution in [3.8, 4) is 0 Å². The normalized spacial score (nSPS) is 11.9. The maximum atomic E-state index is 13.2. The first-order chi connectivity index (χ1) is 14.0. The number of allylic oxidation sites excluding steroid dienone is 1. The van der Waals surface area contributed by atoms with Crippen molar-refractivity contribution in [2.24, 2.45) is 0 Å². The average molecular weight is 513 g/mol. The number of carbonyl (C=O) groups excluding carboxylic acids is 1. The van der Waals surface area contributed by atoms with E-state index in [4.69, 9.17) is 0 Å². The molecule has 4 nitrogen and oxygen atoms in total. The van der Waals surface area contributed by atoms with Crippen LogP contribution in [0.4, 0.5) is 0 Å². The molecule has 1 heterocycles. The summed E-state index contributed by atoms with van der Waals surface area (Å²) < 4.78 is 28.6. The van der Waals surface area contributed by atoms with Gasteiger partial charge in [0.2, 0.25) is 0 Å². The lowest BCUT2D eigenvalue weighted by Gasteiger charge is -2.07. The summed E-state index contributed by atoms with van der Waals surface area (Å²) in [5.74, 6) is -0.136. The number of hydrogen-bond donors (Lipinski definition) is 0. The Labute approximate surface area is 182 Å². The van der Waals surface area contributed by atoms with Crippen molar-refractivity contribution in [1.29, 1.82) is 0 Å². The highest BCUT2D eigenvalue weighted by atomic mass is 127. The van der Waals surface area contributed by atoms with E-state index in [0.717, 1.165) is 8.96 Å². The van der Waals surface area contributed by atoms with Gasteiger partial charge < -0.3 is 0 Å². The van der Waals surface area contributed by atoms with Crippen LogP contribution in [-0.4, -0.2) is 18.2 Å². The summed E-state index contributed by atoms with van der Waals surface area (Å²) in [6.45, 7) is 0. The molecule has 0 aliphatic carbocycles. The molecule has 0 radical (unpaired) electrons. The average Bonchev–Trinajstić information content (AvgIpc) is 3.12. The van der Waals surface area contributed by atoms with E-state index >= 15 is 0 Å². The third-order valence-corrected chi connectivity index (χ3v) is 6.96. The monoisotopic (exact) mass is 513 g/mol. The van der Waals surface area contributed by atoms with Gasteiger partial charge in [-0.15, -0.1) is 0 Å². The van der Waals surface area contributed by atoms with Crippen LogP contribution in [0.25, 0.3) is 17.0 Å². The summed E-state index contributed by atoms with van der Waals surface area (Å²) in [5.41, 5.74) is 1.82. The second-order valence-electron chi connectivity index (χ2n) is 6.42. The Kier molecular flexibility index (Phi) is 5.38. The van der Waals surface area contributed by atoms with Crippen molar-refractivity contribution >= 4 is 55.4 Å². The first-order valence-electron chi connectivity index (χ1n) is 8.85. The lowest BCUT2D eigenvalue weighted by Crippen LogP contribution is -2.11. The number of ketones is 1. The Morgan fingerprint density at radius 3 is 2.24 bits per heavy atom. The number of carbonyl (C=O) groups is 1. The molecule has 0 unspecified atom stereocenters. The molecular formula is C23H16INO3S. The molecular weight excluding hydrogens is 497 g/mol. The second kappa shape index (κ2) is 7.96. The third kappa shape index (κ3) is 3.90. The molecule has 0 fully saturated rings. The minimum absolute atomic E-state index is 0.136. The lowest BCUT2D eigenvalue weighted by atomic mass is 10.1. The van der Waals surface area contributed by atoms with Gasteiger partial charge in [-0.1, -0.05) is 48.5 Å². The van der Waals surface area contributed by atoms with Gasteiger partial charge in [0.15, 0.2) is 5.78 Å². The van der Waals surface area contributed by atoms with Gasteiger partial charge in [0.05, 0.1) is 10.4 Å². The number of halogens is 1. The van der Waals surface area contributed by atoms with Crippen molar-refractivity contribution in [1.82, 2.24) is 3.97 Å². The van der Waals surface area contributed by atoms with Gasteiger partial charge in [-0.05, 0) is 65.1 Å². The SMILES string of the molecule is O=C(/C=C/c1cn(S(=O)(=O)c2ccc(I)cc2)c2ccccc12)c1ccccc1. The summed E-state index contributed by atoms with van der Waals surface area (Å²) in [7, 11) is -3.76. The first-order valence-corrected chi connectivity index (χ1v) is 11.4. The van der Waals surface area contributed by atoms with Crippen LogP contribution in [0.3, 0.4) is 0 Å². The van der Waals surface area contributed by atoms with Crippen molar-refractivity contribution < 1.29 is 13.2 Å². The van der Waals surface area contributed by atoms with E-state index in [0.29, 0.717) is 16.6 Å². The molecule has 0 saturated heterocycles. The fourth-order valence-corrected chi connectivity index (χ4v) is 4.83. The van der Waals surface area contributed by atoms with Gasteiger partial charge >= 0.3 is 0 Å². The van der Waals surface area contributed by atoms with E-state index in [1.807, 2.05) is 18.2 Å². The van der Waals surface area contributed by atoms with Crippen LogP contribution < -0.4 is 0 Å². The van der Waals surface area contributed by atoms with Gasteiger partial charge in [0.25, 0.3) is 10.0 Å². The smallest absolute Gasteiger partial charge is 0.268 e. The number of para-hydroxylation sites is 1. The van der Waals surface area contributed by atoms with Crippen LogP contribution >= 0.6 is 22.6 Å². The summed E-state index contributed by atoms with van der Waals surface area (Å²) >= 11 is 2.14. The molecule has 0 spiro atoms. The molecule has 0 N–H and O–H groups in total. The van der Waals surface area contributed by atoms with Crippen molar-refractivity contribution in [3.63, 3.8) is 0 Å². The molecule has 4 aromatic rings. The Balaban J connectivity index is 1.79. The third-order valence-electron chi connectivity index (χ3n) is 4.55. The quantitative estimate of drug-likeness (QED) is 0.205. The summed E-state index contributed by atoms with van der Waals surface area (Å²) in [4.78, 5) is 12.6. The van der Waals surface area contributed by atoms with Crippen LogP contribution in [0.5, 0.6) is 0 Å². The van der Waals surface area contributed by atoms with Gasteiger partial charge in [-0.2, -0.15) is 0 Å². The van der Waals surface area contributed by atoms with Crippen molar-refractivity contribution in [2.45, 2.75) is 4.90 Å². The molecule has 6 heteroatoms. The summed E-state index contributed by atoms with van der Waals surface area (Å²) in [5, 5.41) is 0.763. The maximum Gasteiger partial charge on any atom is 0.268 e. The van der Waals surface area contributed by atoms with Crippen LogP contribution in [0.2, 0.25) is 0 Å². The lowest BCUT2D eigenvalue weighted by molar-refractivity contribution is 0.104. The zero-order valence-corrected chi connectivity index (χ0v) is 18.2. The number of aromatic nitrogens is 1. The molecule has 4 rings (SSSR count). The molecule has 0 aliphatic heterocycles. The predicted octanol–water partition coefficient (Wildman–Crippen LogP) is 5.38. The van der Waals surface area contributed by atoms with Crippen LogP contribution in [0, 0.1) is 3.57 Å². The molecule has 0 bridgehead atoms. The Morgan fingerprint density at radius 2 is 1.52 bits per heavy atom. The number of benzene rings is 3. The number of hydrogen-bond acceptors (Lipinski definition) is 3. The Morgan fingerprint density at radius 1 is 0.862 bits per heavy atom. The molecule has 0 saturated carbocycles. The Bertz CT molecular complexity index is 1320. The zero-order valence-electron chi connectivity index (χ0n) is 15.2.